The van der Waals surface area contributed by atoms with Crippen molar-refractivity contribution < 1.29 is 33.4 Å². The summed E-state index contributed by atoms with van der Waals surface area (Å²) in [4.78, 5) is 58.7. The predicted octanol–water partition coefficient (Wildman–Crippen LogP) is -2.17. The highest BCUT2D eigenvalue weighted by molar-refractivity contribution is 5.97. The van der Waals surface area contributed by atoms with Crippen molar-refractivity contribution in [2.45, 2.75) is 31.8 Å². The molecule has 1 fully saturated rings. The number of methoxy groups -OCH3 is 2. The number of amides is 3. The molecule has 0 radical (unpaired) electrons. The van der Waals surface area contributed by atoms with Crippen LogP contribution in [0.5, 0.6) is 0 Å². The van der Waals surface area contributed by atoms with Crippen molar-refractivity contribution >= 4 is 29.7 Å². The van der Waals surface area contributed by atoms with Crippen LogP contribution >= 0.6 is 0 Å². The largest absolute Gasteiger partial charge is 0.468 e. The van der Waals surface area contributed by atoms with E-state index in [0.717, 1.165) is 14.2 Å². The Morgan fingerprint density at radius 3 is 2.12 bits per heavy atom. The summed E-state index contributed by atoms with van der Waals surface area (Å²) in [6.45, 7) is 1.39. The molecule has 3 atom stereocenters. The van der Waals surface area contributed by atoms with Crippen LogP contribution in [0.25, 0.3) is 0 Å². The van der Waals surface area contributed by atoms with Gasteiger partial charge in [0.05, 0.1) is 14.2 Å². The summed E-state index contributed by atoms with van der Waals surface area (Å²) < 4.78 is 9.09. The van der Waals surface area contributed by atoms with Crippen LogP contribution in [0.3, 0.4) is 0 Å². The Balaban J connectivity index is 2.94. The minimum Gasteiger partial charge on any atom is -0.468 e. The molecule has 1 aliphatic rings. The molecule has 1 aliphatic heterocycles. The molecule has 24 heavy (non-hydrogen) atoms. The first-order valence-electron chi connectivity index (χ1n) is 7.27. The lowest BCUT2D eigenvalue weighted by Crippen LogP contribution is -2.56. The van der Waals surface area contributed by atoms with Gasteiger partial charge in [-0.1, -0.05) is 6.92 Å². The summed E-state index contributed by atoms with van der Waals surface area (Å²) >= 11 is 0. The highest BCUT2D eigenvalue weighted by Crippen LogP contribution is 2.20. The number of primary amides is 1. The van der Waals surface area contributed by atoms with E-state index in [9.17, 15) is 24.0 Å². The molecule has 10 nitrogen and oxygen atoms in total. The maximum Gasteiger partial charge on any atom is 0.320 e. The third-order valence-electron chi connectivity index (χ3n) is 3.88. The lowest BCUT2D eigenvalue weighted by Gasteiger charge is -2.27. The van der Waals surface area contributed by atoms with Gasteiger partial charge in [0.2, 0.25) is 17.7 Å². The van der Waals surface area contributed by atoms with Crippen LogP contribution in [0.15, 0.2) is 0 Å². The molecule has 1 rings (SSSR count). The van der Waals surface area contributed by atoms with Gasteiger partial charge >= 0.3 is 11.9 Å². The van der Waals surface area contributed by atoms with Crippen LogP contribution in [-0.4, -0.2) is 56.0 Å². The standard InChI is InChI=1S/C14H21N3O7/c1-6(9(13(21)23-2)14(22)24-3)10(11(15)19)17-12(20)7-4-5-8(18)16-7/h6-7,9-10H,4-5H2,1-3H3,(H2,15,19)(H,16,18)(H,17,20)/t6-,7-,10+/m0/s1. The van der Waals surface area contributed by atoms with Crippen molar-refractivity contribution in [2.75, 3.05) is 14.2 Å². The first-order chi connectivity index (χ1) is 11.2. The summed E-state index contributed by atoms with van der Waals surface area (Å²) in [6.07, 6.45) is 0.476. The molecule has 0 bridgehead atoms. The van der Waals surface area contributed by atoms with Gasteiger partial charge in [0.15, 0.2) is 5.92 Å². The van der Waals surface area contributed by atoms with Crippen molar-refractivity contribution in [3.8, 4) is 0 Å². The van der Waals surface area contributed by atoms with Crippen molar-refractivity contribution in [2.24, 2.45) is 17.6 Å². The highest BCUT2D eigenvalue weighted by Gasteiger charge is 2.42. The molecular formula is C14H21N3O7. The van der Waals surface area contributed by atoms with E-state index in [1.807, 2.05) is 0 Å². The zero-order valence-corrected chi connectivity index (χ0v) is 13.7. The number of carbonyl (C=O) groups is 5. The van der Waals surface area contributed by atoms with Crippen molar-refractivity contribution in [1.29, 1.82) is 0 Å². The van der Waals surface area contributed by atoms with Gasteiger partial charge in [0.25, 0.3) is 0 Å². The van der Waals surface area contributed by atoms with E-state index in [4.69, 9.17) is 5.73 Å². The normalized spacial score (nSPS) is 19.2. The van der Waals surface area contributed by atoms with Crippen LogP contribution in [0, 0.1) is 11.8 Å². The summed E-state index contributed by atoms with van der Waals surface area (Å²) in [6, 6.07) is -2.11. The van der Waals surface area contributed by atoms with E-state index in [2.05, 4.69) is 20.1 Å². The molecule has 0 aliphatic carbocycles. The van der Waals surface area contributed by atoms with Crippen LogP contribution < -0.4 is 16.4 Å². The number of nitrogens with two attached hydrogens (primary N) is 1. The molecule has 0 aromatic carbocycles. The number of ether oxygens (including phenoxy) is 2. The minimum absolute atomic E-state index is 0.196. The zero-order valence-electron chi connectivity index (χ0n) is 13.7. The molecule has 0 aromatic rings. The van der Waals surface area contributed by atoms with Crippen LogP contribution in [0.2, 0.25) is 0 Å². The molecule has 0 spiro atoms. The fourth-order valence-corrected chi connectivity index (χ4v) is 2.50. The van der Waals surface area contributed by atoms with Crippen LogP contribution in [-0.2, 0) is 33.4 Å². The van der Waals surface area contributed by atoms with Crippen molar-refractivity contribution in [3.63, 3.8) is 0 Å². The van der Waals surface area contributed by atoms with Gasteiger partial charge in [-0.15, -0.1) is 0 Å². The smallest absolute Gasteiger partial charge is 0.320 e. The van der Waals surface area contributed by atoms with Gasteiger partial charge in [-0.05, 0) is 6.42 Å². The third-order valence-corrected chi connectivity index (χ3v) is 3.88. The lowest BCUT2D eigenvalue weighted by atomic mass is 9.86. The van der Waals surface area contributed by atoms with Crippen molar-refractivity contribution in [1.82, 2.24) is 10.6 Å². The van der Waals surface area contributed by atoms with Gasteiger partial charge in [-0.25, -0.2) is 0 Å². The van der Waals surface area contributed by atoms with E-state index < -0.39 is 47.7 Å². The molecule has 134 valence electrons. The molecule has 0 saturated carbocycles. The second kappa shape index (κ2) is 8.27. The van der Waals surface area contributed by atoms with Crippen LogP contribution in [0.4, 0.5) is 0 Å². The fourth-order valence-electron chi connectivity index (χ4n) is 2.50. The third kappa shape index (κ3) is 4.43. The van der Waals surface area contributed by atoms with Crippen molar-refractivity contribution in [3.05, 3.63) is 0 Å². The van der Waals surface area contributed by atoms with Gasteiger partial charge < -0.3 is 25.8 Å². The Hall–Kier alpha value is -2.65. The number of carbonyl (C=O) groups excluding carboxylic acids is 5. The average Bonchev–Trinajstić information content (AvgIpc) is 2.98. The first-order valence-corrected chi connectivity index (χ1v) is 7.27. The molecular weight excluding hydrogens is 322 g/mol. The Morgan fingerprint density at radius 2 is 1.75 bits per heavy atom. The summed E-state index contributed by atoms with van der Waals surface area (Å²) in [7, 11) is 2.16. The fraction of sp³-hybridized carbons (Fsp3) is 0.643. The van der Waals surface area contributed by atoms with Gasteiger partial charge in [0.1, 0.15) is 12.1 Å². The second-order valence-electron chi connectivity index (χ2n) is 5.43. The van der Waals surface area contributed by atoms with Crippen LogP contribution in [0.1, 0.15) is 19.8 Å². The molecule has 1 saturated heterocycles. The molecule has 1 heterocycles. The van der Waals surface area contributed by atoms with Gasteiger partial charge in [-0.2, -0.15) is 0 Å². The topological polar surface area (TPSA) is 154 Å². The Bertz CT molecular complexity index is 532. The number of rotatable bonds is 7. The quantitative estimate of drug-likeness (QED) is 0.351. The van der Waals surface area contributed by atoms with E-state index in [1.165, 1.54) is 6.92 Å². The second-order valence-corrected chi connectivity index (χ2v) is 5.43. The summed E-state index contributed by atoms with van der Waals surface area (Å²) in [5.41, 5.74) is 5.29. The Morgan fingerprint density at radius 1 is 1.21 bits per heavy atom. The van der Waals surface area contributed by atoms with Gasteiger partial charge in [0, 0.05) is 12.3 Å². The lowest BCUT2D eigenvalue weighted by molar-refractivity contribution is -0.162. The Kier molecular flexibility index (Phi) is 6.69. The number of hydrogen-bond acceptors (Lipinski definition) is 7. The van der Waals surface area contributed by atoms with E-state index in [0.29, 0.717) is 0 Å². The summed E-state index contributed by atoms with van der Waals surface area (Å²) in [5, 5.41) is 4.82. The maximum absolute atomic E-state index is 12.1. The summed E-state index contributed by atoms with van der Waals surface area (Å²) in [5.74, 6) is -6.10. The molecule has 0 unspecified atom stereocenters. The first kappa shape index (κ1) is 19.4. The number of hydrogen-bond donors (Lipinski definition) is 3. The van der Waals surface area contributed by atoms with E-state index in [-0.39, 0.29) is 18.7 Å². The van der Waals surface area contributed by atoms with Gasteiger partial charge in [-0.3, -0.25) is 24.0 Å². The SMILES string of the molecule is COC(=O)C(C(=O)OC)[C@H](C)[C@@H](NC(=O)[C@@H]1CCC(=O)N1)C(N)=O. The molecule has 3 amide bonds. The van der Waals surface area contributed by atoms with E-state index in [1.54, 1.807) is 0 Å². The molecule has 0 aromatic heterocycles. The average molecular weight is 343 g/mol. The number of nitrogens with one attached hydrogen (secondary N) is 2. The minimum atomic E-state index is -1.43. The Labute approximate surface area is 138 Å². The van der Waals surface area contributed by atoms with E-state index >= 15 is 0 Å². The number of esters is 2. The monoisotopic (exact) mass is 343 g/mol. The predicted molar refractivity (Wildman–Crippen MR) is 79.0 cm³/mol. The highest BCUT2D eigenvalue weighted by atomic mass is 16.5. The zero-order chi connectivity index (χ0) is 18.4. The molecule has 4 N–H and O–H groups in total. The molecule has 10 heteroatoms. The maximum atomic E-state index is 12.1.